The van der Waals surface area contributed by atoms with Crippen LogP contribution in [-0.2, 0) is 15.1 Å². The molecule has 2 aromatic rings. The number of carbonyl (C=O) groups is 3. The first-order chi connectivity index (χ1) is 12.5. The fourth-order valence-electron chi connectivity index (χ4n) is 3.30. The molecule has 1 heterocycles. The number of nitrogens with one attached hydrogen (secondary N) is 1. The van der Waals surface area contributed by atoms with Crippen LogP contribution in [0.3, 0.4) is 0 Å². The average molecular weight is 413 g/mol. The zero-order chi connectivity index (χ0) is 18.3. The van der Waals surface area contributed by atoms with Gasteiger partial charge in [-0.05, 0) is 54.8 Å². The Hall–Kier alpha value is -2.47. The van der Waals surface area contributed by atoms with Crippen LogP contribution in [0, 0.1) is 0 Å². The third kappa shape index (κ3) is 3.05. The molecule has 4 rings (SSSR count). The number of nitrogens with zero attached hydrogens (tertiary/aromatic N) is 1. The van der Waals surface area contributed by atoms with E-state index in [1.807, 2.05) is 24.3 Å². The van der Waals surface area contributed by atoms with Crippen LogP contribution in [-0.4, -0.2) is 17.7 Å². The molecule has 0 unspecified atom stereocenters. The van der Waals surface area contributed by atoms with E-state index < -0.39 is 0 Å². The standard InChI is InChI=1S/C20H17BrN2O3/c21-15-5-3-14(4-6-15)20(11-12-20)22-19(26)13-1-7-16(8-2-13)23-17(24)9-10-18(23)25/h1-8H,9-12H2,(H,22,26). The number of imide groups is 1. The number of benzene rings is 2. The fraction of sp³-hybridized carbons (Fsp3) is 0.250. The Kier molecular flexibility index (Phi) is 4.15. The van der Waals surface area contributed by atoms with Crippen LogP contribution in [0.25, 0.3) is 0 Å². The quantitative estimate of drug-likeness (QED) is 0.781. The minimum atomic E-state index is -0.294. The largest absolute Gasteiger partial charge is 0.343 e. The van der Waals surface area contributed by atoms with Crippen LogP contribution in [0.4, 0.5) is 5.69 Å². The maximum Gasteiger partial charge on any atom is 0.251 e. The molecular weight excluding hydrogens is 396 g/mol. The van der Waals surface area contributed by atoms with Gasteiger partial charge in [0.1, 0.15) is 0 Å². The highest BCUT2D eigenvalue weighted by molar-refractivity contribution is 9.10. The van der Waals surface area contributed by atoms with E-state index in [0.29, 0.717) is 11.3 Å². The normalized spacial score (nSPS) is 18.1. The van der Waals surface area contributed by atoms with E-state index in [2.05, 4.69) is 21.2 Å². The highest BCUT2D eigenvalue weighted by Crippen LogP contribution is 2.45. The van der Waals surface area contributed by atoms with E-state index in [-0.39, 0.29) is 36.1 Å². The Labute approximate surface area is 159 Å². The van der Waals surface area contributed by atoms with Crippen LogP contribution in [0.5, 0.6) is 0 Å². The molecule has 1 saturated carbocycles. The SMILES string of the molecule is O=C(NC1(c2ccc(Br)cc2)CC1)c1ccc(N2C(=O)CCC2=O)cc1. The van der Waals surface area contributed by atoms with Crippen LogP contribution < -0.4 is 10.2 Å². The van der Waals surface area contributed by atoms with Crippen molar-refractivity contribution in [3.05, 3.63) is 64.1 Å². The molecule has 0 bridgehead atoms. The summed E-state index contributed by atoms with van der Waals surface area (Å²) in [5.74, 6) is -0.546. The number of amides is 3. The Bertz CT molecular complexity index is 870. The van der Waals surface area contributed by atoms with E-state index in [1.165, 1.54) is 4.90 Å². The van der Waals surface area contributed by atoms with Crippen LogP contribution in [0.1, 0.15) is 41.6 Å². The molecular formula is C20H17BrN2O3. The lowest BCUT2D eigenvalue weighted by atomic mass is 10.0. The van der Waals surface area contributed by atoms with Crippen molar-refractivity contribution in [1.29, 1.82) is 0 Å². The molecule has 3 amide bonds. The van der Waals surface area contributed by atoms with Crippen molar-refractivity contribution in [2.45, 2.75) is 31.2 Å². The molecule has 0 atom stereocenters. The van der Waals surface area contributed by atoms with Gasteiger partial charge in [0.25, 0.3) is 5.91 Å². The van der Waals surface area contributed by atoms with Crippen molar-refractivity contribution in [3.63, 3.8) is 0 Å². The van der Waals surface area contributed by atoms with Crippen molar-refractivity contribution in [2.24, 2.45) is 0 Å². The number of hydrogen-bond donors (Lipinski definition) is 1. The molecule has 132 valence electrons. The van der Waals surface area contributed by atoms with Gasteiger partial charge in [0.05, 0.1) is 11.2 Å². The number of anilines is 1. The molecule has 0 aromatic heterocycles. The van der Waals surface area contributed by atoms with Gasteiger partial charge < -0.3 is 5.32 Å². The summed E-state index contributed by atoms with van der Waals surface area (Å²) < 4.78 is 1.00. The van der Waals surface area contributed by atoms with E-state index in [4.69, 9.17) is 0 Å². The van der Waals surface area contributed by atoms with Crippen molar-refractivity contribution in [2.75, 3.05) is 4.90 Å². The first kappa shape index (κ1) is 17.0. The molecule has 26 heavy (non-hydrogen) atoms. The predicted molar refractivity (Wildman–Crippen MR) is 101 cm³/mol. The van der Waals surface area contributed by atoms with E-state index in [9.17, 15) is 14.4 Å². The molecule has 5 nitrogen and oxygen atoms in total. The minimum absolute atomic E-state index is 0.156. The third-order valence-electron chi connectivity index (χ3n) is 4.94. The van der Waals surface area contributed by atoms with Gasteiger partial charge in [-0.1, -0.05) is 28.1 Å². The van der Waals surface area contributed by atoms with Gasteiger partial charge in [-0.25, -0.2) is 0 Å². The number of halogens is 1. The molecule has 6 heteroatoms. The van der Waals surface area contributed by atoms with Gasteiger partial charge in [-0.2, -0.15) is 0 Å². The first-order valence-corrected chi connectivity index (χ1v) is 9.32. The summed E-state index contributed by atoms with van der Waals surface area (Å²) >= 11 is 3.42. The lowest BCUT2D eigenvalue weighted by Crippen LogP contribution is -2.35. The van der Waals surface area contributed by atoms with E-state index >= 15 is 0 Å². The topological polar surface area (TPSA) is 66.5 Å². The predicted octanol–water partition coefficient (Wildman–Crippen LogP) is 3.52. The van der Waals surface area contributed by atoms with Gasteiger partial charge in [0.2, 0.25) is 11.8 Å². The Morgan fingerprint density at radius 1 is 0.923 bits per heavy atom. The molecule has 2 fully saturated rings. The molecule has 1 saturated heterocycles. The Morgan fingerprint density at radius 3 is 2.04 bits per heavy atom. The van der Waals surface area contributed by atoms with Gasteiger partial charge in [-0.15, -0.1) is 0 Å². The van der Waals surface area contributed by atoms with Gasteiger partial charge in [0.15, 0.2) is 0 Å². The minimum Gasteiger partial charge on any atom is -0.343 e. The van der Waals surface area contributed by atoms with Crippen molar-refractivity contribution in [1.82, 2.24) is 5.32 Å². The monoisotopic (exact) mass is 412 g/mol. The molecule has 1 aliphatic heterocycles. The Balaban J connectivity index is 1.49. The molecule has 0 spiro atoms. The van der Waals surface area contributed by atoms with Gasteiger partial charge >= 0.3 is 0 Å². The molecule has 1 aliphatic carbocycles. The lowest BCUT2D eigenvalue weighted by molar-refractivity contribution is -0.121. The summed E-state index contributed by atoms with van der Waals surface area (Å²) in [6, 6.07) is 14.6. The molecule has 2 aliphatic rings. The van der Waals surface area contributed by atoms with Gasteiger partial charge in [-0.3, -0.25) is 19.3 Å². The Morgan fingerprint density at radius 2 is 1.50 bits per heavy atom. The van der Waals surface area contributed by atoms with Crippen molar-refractivity contribution in [3.8, 4) is 0 Å². The summed E-state index contributed by atoms with van der Waals surface area (Å²) in [6.45, 7) is 0. The number of hydrogen-bond acceptors (Lipinski definition) is 3. The second-order valence-corrected chi connectivity index (χ2v) is 7.63. The summed E-state index contributed by atoms with van der Waals surface area (Å²) in [5, 5.41) is 3.12. The highest BCUT2D eigenvalue weighted by atomic mass is 79.9. The average Bonchev–Trinajstić information content (AvgIpc) is 3.34. The zero-order valence-corrected chi connectivity index (χ0v) is 15.6. The van der Waals surface area contributed by atoms with Crippen molar-refractivity contribution >= 4 is 39.3 Å². The second-order valence-electron chi connectivity index (χ2n) is 6.71. The summed E-state index contributed by atoms with van der Waals surface area (Å²) in [6.07, 6.45) is 2.32. The summed E-state index contributed by atoms with van der Waals surface area (Å²) in [7, 11) is 0. The molecule has 2 aromatic carbocycles. The van der Waals surface area contributed by atoms with E-state index in [0.717, 1.165) is 22.9 Å². The van der Waals surface area contributed by atoms with Crippen molar-refractivity contribution < 1.29 is 14.4 Å². The van der Waals surface area contributed by atoms with Crippen LogP contribution in [0.15, 0.2) is 53.0 Å². The van der Waals surface area contributed by atoms with E-state index in [1.54, 1.807) is 24.3 Å². The zero-order valence-electron chi connectivity index (χ0n) is 14.0. The lowest BCUT2D eigenvalue weighted by Gasteiger charge is -2.19. The third-order valence-corrected chi connectivity index (χ3v) is 5.47. The number of rotatable bonds is 4. The smallest absolute Gasteiger partial charge is 0.251 e. The number of carbonyl (C=O) groups excluding carboxylic acids is 3. The van der Waals surface area contributed by atoms with Crippen LogP contribution in [0.2, 0.25) is 0 Å². The highest BCUT2D eigenvalue weighted by Gasteiger charge is 2.45. The maximum absolute atomic E-state index is 12.6. The van der Waals surface area contributed by atoms with Gasteiger partial charge in [0, 0.05) is 22.9 Å². The second kappa shape index (κ2) is 6.36. The molecule has 0 radical (unpaired) electrons. The first-order valence-electron chi connectivity index (χ1n) is 8.53. The summed E-state index contributed by atoms with van der Waals surface area (Å²) in [5.41, 5.74) is 1.83. The summed E-state index contributed by atoms with van der Waals surface area (Å²) in [4.78, 5) is 37.4. The maximum atomic E-state index is 12.6. The van der Waals surface area contributed by atoms with Crippen LogP contribution >= 0.6 is 15.9 Å². The fourth-order valence-corrected chi connectivity index (χ4v) is 3.56. The molecule has 1 N–H and O–H groups in total.